The van der Waals surface area contributed by atoms with Gasteiger partial charge in [-0.2, -0.15) is 0 Å². The van der Waals surface area contributed by atoms with E-state index in [1.807, 2.05) is 34.0 Å². The number of benzene rings is 4. The quantitative estimate of drug-likeness (QED) is 0.221. The van der Waals surface area contributed by atoms with Crippen LogP contribution in [0.4, 0.5) is 0 Å². The molecule has 0 nitrogen and oxygen atoms in total. The number of hydrogen-bond acceptors (Lipinski definition) is 3. The van der Waals surface area contributed by atoms with Gasteiger partial charge in [-0.05, 0) is 56.7 Å². The maximum Gasteiger partial charge on any atom is 0.0548 e. The molecule has 7 rings (SSSR count). The maximum absolute atomic E-state index is 2.39. The molecule has 7 aromatic rings. The van der Waals surface area contributed by atoms with Gasteiger partial charge < -0.3 is 0 Å². The topological polar surface area (TPSA) is 0 Å². The van der Waals surface area contributed by atoms with Gasteiger partial charge in [-0.3, -0.25) is 0 Å². The minimum absolute atomic E-state index is 1.33. The first-order valence-corrected chi connectivity index (χ1v) is 12.6. The molecule has 0 aliphatic heterocycles. The van der Waals surface area contributed by atoms with Crippen molar-refractivity contribution in [1.29, 1.82) is 0 Å². The molecule has 4 aromatic carbocycles. The highest BCUT2D eigenvalue weighted by molar-refractivity contribution is 7.35. The molecule has 0 radical (unpaired) electrons. The molecule has 0 saturated heterocycles. The summed E-state index contributed by atoms with van der Waals surface area (Å²) < 4.78 is 8.56. The molecule has 0 amide bonds. The second-order valence-corrected chi connectivity index (χ2v) is 11.6. The summed E-state index contributed by atoms with van der Waals surface area (Å²) in [6.45, 7) is 6.60. The third-order valence-corrected chi connectivity index (χ3v) is 9.89. The molecule has 144 valence electrons. The normalized spacial score (nSPS) is 12.5. The van der Waals surface area contributed by atoms with E-state index in [0.717, 1.165) is 0 Å². The zero-order valence-electron chi connectivity index (χ0n) is 16.9. The van der Waals surface area contributed by atoms with Crippen LogP contribution in [0, 0.1) is 20.8 Å². The molecule has 0 saturated carbocycles. The first kappa shape index (κ1) is 17.2. The van der Waals surface area contributed by atoms with Gasteiger partial charge in [0, 0.05) is 51.1 Å². The number of hydrogen-bond donors (Lipinski definition) is 0. The Morgan fingerprint density at radius 1 is 0.433 bits per heavy atom. The molecule has 3 heteroatoms. The molecule has 30 heavy (non-hydrogen) atoms. The number of rotatable bonds is 0. The van der Waals surface area contributed by atoms with Crippen molar-refractivity contribution in [2.45, 2.75) is 20.8 Å². The zero-order valence-corrected chi connectivity index (χ0v) is 19.4. The summed E-state index contributed by atoms with van der Waals surface area (Å²) in [4.78, 5) is 0. The van der Waals surface area contributed by atoms with Crippen molar-refractivity contribution in [3.8, 4) is 0 Å². The summed E-state index contributed by atoms with van der Waals surface area (Å²) in [5, 5.41) is 8.61. The minimum Gasteiger partial charge on any atom is -0.134 e. The van der Waals surface area contributed by atoms with Gasteiger partial charge in [0.2, 0.25) is 0 Å². The summed E-state index contributed by atoms with van der Waals surface area (Å²) in [6, 6.07) is 20.8. The van der Waals surface area contributed by atoms with E-state index in [1.165, 1.54) is 77.2 Å². The highest BCUT2D eigenvalue weighted by Crippen LogP contribution is 2.53. The van der Waals surface area contributed by atoms with Gasteiger partial charge in [0.1, 0.15) is 0 Å². The van der Waals surface area contributed by atoms with Crippen molar-refractivity contribution in [2.75, 3.05) is 0 Å². The van der Waals surface area contributed by atoms with Crippen LogP contribution in [0.25, 0.3) is 60.5 Å². The van der Waals surface area contributed by atoms with Crippen molar-refractivity contribution < 1.29 is 0 Å². The lowest BCUT2D eigenvalue weighted by molar-refractivity contribution is 1.52. The van der Waals surface area contributed by atoms with Crippen LogP contribution in [0.5, 0.6) is 0 Å². The second-order valence-electron chi connectivity index (χ2n) is 8.42. The van der Waals surface area contributed by atoms with E-state index < -0.39 is 0 Å². The summed E-state index contributed by atoms with van der Waals surface area (Å²) >= 11 is 5.90. The van der Waals surface area contributed by atoms with Gasteiger partial charge in [-0.15, -0.1) is 34.0 Å². The van der Waals surface area contributed by atoms with E-state index in [9.17, 15) is 0 Å². The molecule has 0 unspecified atom stereocenters. The first-order chi connectivity index (χ1) is 14.6. The molecular weight excluding hydrogens is 420 g/mol. The van der Waals surface area contributed by atoms with Gasteiger partial charge in [-0.1, -0.05) is 35.4 Å². The van der Waals surface area contributed by atoms with Crippen LogP contribution in [0.1, 0.15) is 16.7 Å². The van der Waals surface area contributed by atoms with E-state index in [2.05, 4.69) is 75.4 Å². The standard InChI is InChI=1S/C27H18S3/c1-13-5-8-19-17(10-13)23-22-16-7-4-15(3)12-21(16)30-26(22)27-24(25(23)28-19)18-11-14(2)6-9-20(18)29-27/h4-12H,1-3H3. The number of aryl methyl sites for hydroxylation is 3. The third-order valence-electron chi connectivity index (χ3n) is 6.22. The monoisotopic (exact) mass is 438 g/mol. The smallest absolute Gasteiger partial charge is 0.0548 e. The minimum atomic E-state index is 1.33. The van der Waals surface area contributed by atoms with E-state index in [-0.39, 0.29) is 0 Å². The Hall–Kier alpha value is -2.46. The van der Waals surface area contributed by atoms with Gasteiger partial charge in [-0.25, -0.2) is 0 Å². The average Bonchev–Trinajstić information content (AvgIpc) is 3.37. The molecule has 0 aliphatic carbocycles. The highest BCUT2D eigenvalue weighted by atomic mass is 32.1. The number of thiophene rings is 3. The van der Waals surface area contributed by atoms with Crippen molar-refractivity contribution in [2.24, 2.45) is 0 Å². The van der Waals surface area contributed by atoms with Crippen LogP contribution in [0.3, 0.4) is 0 Å². The van der Waals surface area contributed by atoms with Crippen molar-refractivity contribution in [3.63, 3.8) is 0 Å². The van der Waals surface area contributed by atoms with Gasteiger partial charge in [0.05, 0.1) is 9.40 Å². The fraction of sp³-hybridized carbons (Fsp3) is 0.111. The van der Waals surface area contributed by atoms with Crippen LogP contribution < -0.4 is 0 Å². The fourth-order valence-corrected chi connectivity index (χ4v) is 8.80. The molecule has 0 spiro atoms. The van der Waals surface area contributed by atoms with Gasteiger partial charge in [0.25, 0.3) is 0 Å². The highest BCUT2D eigenvalue weighted by Gasteiger charge is 2.21. The third kappa shape index (κ3) is 2.15. The van der Waals surface area contributed by atoms with E-state index in [4.69, 9.17) is 0 Å². The Morgan fingerprint density at radius 3 is 1.67 bits per heavy atom. The van der Waals surface area contributed by atoms with Crippen LogP contribution >= 0.6 is 34.0 Å². The molecule has 3 heterocycles. The molecule has 0 fully saturated rings. The van der Waals surface area contributed by atoms with Crippen molar-refractivity contribution >= 4 is 94.5 Å². The Kier molecular flexibility index (Phi) is 3.35. The van der Waals surface area contributed by atoms with E-state index >= 15 is 0 Å². The molecular formula is C27H18S3. The summed E-state index contributed by atoms with van der Waals surface area (Å²) in [6.07, 6.45) is 0. The molecule has 3 aromatic heterocycles. The first-order valence-electron chi connectivity index (χ1n) is 10.2. The summed E-state index contributed by atoms with van der Waals surface area (Å²) in [5.74, 6) is 0. The van der Waals surface area contributed by atoms with Crippen molar-refractivity contribution in [1.82, 2.24) is 0 Å². The Morgan fingerprint density at radius 2 is 0.933 bits per heavy atom. The largest absolute Gasteiger partial charge is 0.134 e. The van der Waals surface area contributed by atoms with E-state index in [1.54, 1.807) is 0 Å². The predicted octanol–water partition coefficient (Wildman–Crippen LogP) is 9.72. The Labute approximate surface area is 186 Å². The lowest BCUT2D eigenvalue weighted by atomic mass is 10.0. The lowest BCUT2D eigenvalue weighted by Gasteiger charge is -2.02. The zero-order chi connectivity index (χ0) is 20.1. The molecule has 0 N–H and O–H groups in total. The van der Waals surface area contributed by atoms with Gasteiger partial charge in [0.15, 0.2) is 0 Å². The summed E-state index contributed by atoms with van der Waals surface area (Å²) in [5.41, 5.74) is 4.00. The fourth-order valence-electron chi connectivity index (χ4n) is 4.84. The lowest BCUT2D eigenvalue weighted by Crippen LogP contribution is -1.76. The van der Waals surface area contributed by atoms with E-state index in [0.29, 0.717) is 0 Å². The average molecular weight is 439 g/mol. The van der Waals surface area contributed by atoms with Crippen molar-refractivity contribution in [3.05, 3.63) is 71.3 Å². The summed E-state index contributed by atoms with van der Waals surface area (Å²) in [7, 11) is 0. The molecule has 0 atom stereocenters. The second kappa shape index (κ2) is 5.82. The van der Waals surface area contributed by atoms with Crippen LogP contribution in [0.15, 0.2) is 54.6 Å². The number of fused-ring (bicyclic) bond motifs is 12. The Balaban J connectivity index is 1.90. The van der Waals surface area contributed by atoms with Crippen LogP contribution in [-0.4, -0.2) is 0 Å². The van der Waals surface area contributed by atoms with Gasteiger partial charge >= 0.3 is 0 Å². The maximum atomic E-state index is 2.39. The van der Waals surface area contributed by atoms with Crippen LogP contribution in [-0.2, 0) is 0 Å². The molecule has 0 aliphatic rings. The van der Waals surface area contributed by atoms with Crippen LogP contribution in [0.2, 0.25) is 0 Å². The molecule has 0 bridgehead atoms. The predicted molar refractivity (Wildman–Crippen MR) is 139 cm³/mol. The SMILES string of the molecule is Cc1ccc2c(c1)sc1c3sc4ccc(C)cc4c3c3sc4ccc(C)cc4c3c21. The Bertz CT molecular complexity index is 1820.